The van der Waals surface area contributed by atoms with Crippen LogP contribution in [0.4, 0.5) is 11.4 Å². The standard InChI is InChI=1S/C24H28N2O3/c1-4-5-6-9-16-25-21-11-8-7-10-20(21)23(2,3)24(25)15-14-18-17-19(26(27)28)12-13-22(18)29-24/h7-8,10-15,17H,4-6,9,16H2,1-3H3. The summed E-state index contributed by atoms with van der Waals surface area (Å²) in [5.74, 6) is 0.692. The number of para-hydroxylation sites is 1. The quantitative estimate of drug-likeness (QED) is 0.340. The molecule has 0 amide bonds. The predicted octanol–water partition coefficient (Wildman–Crippen LogP) is 6.07. The van der Waals surface area contributed by atoms with Gasteiger partial charge in [0, 0.05) is 29.9 Å². The number of non-ortho nitro benzene ring substituents is 1. The van der Waals surface area contributed by atoms with Crippen molar-refractivity contribution in [2.24, 2.45) is 0 Å². The summed E-state index contributed by atoms with van der Waals surface area (Å²) in [6.45, 7) is 7.57. The molecule has 0 radical (unpaired) electrons. The Morgan fingerprint density at radius 1 is 1.10 bits per heavy atom. The first-order valence-electron chi connectivity index (χ1n) is 10.4. The summed E-state index contributed by atoms with van der Waals surface area (Å²) >= 11 is 0. The Kier molecular flexibility index (Phi) is 4.85. The van der Waals surface area contributed by atoms with Crippen LogP contribution in [-0.4, -0.2) is 17.2 Å². The number of nitro groups is 1. The van der Waals surface area contributed by atoms with E-state index in [1.165, 1.54) is 36.6 Å². The summed E-state index contributed by atoms with van der Waals surface area (Å²) in [6.07, 6.45) is 8.81. The second kappa shape index (κ2) is 7.21. The summed E-state index contributed by atoms with van der Waals surface area (Å²) in [5.41, 5.74) is 2.39. The number of benzene rings is 2. The third-order valence-corrected chi connectivity index (χ3v) is 6.36. The highest BCUT2D eigenvalue weighted by atomic mass is 16.6. The molecule has 0 aliphatic carbocycles. The van der Waals surface area contributed by atoms with Crippen LogP contribution < -0.4 is 9.64 Å². The molecule has 4 rings (SSSR count). The van der Waals surface area contributed by atoms with Crippen molar-refractivity contribution in [2.75, 3.05) is 11.4 Å². The maximum Gasteiger partial charge on any atom is 0.270 e. The third kappa shape index (κ3) is 3.00. The van der Waals surface area contributed by atoms with Gasteiger partial charge in [-0.25, -0.2) is 0 Å². The largest absolute Gasteiger partial charge is 0.463 e. The monoisotopic (exact) mass is 392 g/mol. The Morgan fingerprint density at radius 3 is 2.66 bits per heavy atom. The van der Waals surface area contributed by atoms with E-state index < -0.39 is 5.72 Å². The van der Waals surface area contributed by atoms with Gasteiger partial charge in [0.15, 0.2) is 0 Å². The highest BCUT2D eigenvalue weighted by molar-refractivity contribution is 5.73. The minimum Gasteiger partial charge on any atom is -0.463 e. The molecule has 0 aromatic heterocycles. The summed E-state index contributed by atoms with van der Waals surface area (Å²) in [6, 6.07) is 13.4. The minimum atomic E-state index is -0.647. The average molecular weight is 392 g/mol. The van der Waals surface area contributed by atoms with Gasteiger partial charge in [-0.3, -0.25) is 10.1 Å². The van der Waals surface area contributed by atoms with Crippen molar-refractivity contribution in [2.45, 2.75) is 57.6 Å². The van der Waals surface area contributed by atoms with Crippen LogP contribution >= 0.6 is 0 Å². The molecule has 0 bridgehead atoms. The van der Waals surface area contributed by atoms with E-state index in [1.54, 1.807) is 12.1 Å². The lowest BCUT2D eigenvalue weighted by Crippen LogP contribution is -2.59. The molecule has 0 N–H and O–H groups in total. The van der Waals surface area contributed by atoms with Crippen LogP contribution in [0.25, 0.3) is 6.08 Å². The molecule has 2 heterocycles. The van der Waals surface area contributed by atoms with E-state index in [1.807, 2.05) is 6.08 Å². The normalized spacial score (nSPS) is 21.0. The molecular formula is C24H28N2O3. The molecule has 1 atom stereocenters. The fourth-order valence-electron chi connectivity index (χ4n) is 4.69. The summed E-state index contributed by atoms with van der Waals surface area (Å²) in [4.78, 5) is 13.2. The van der Waals surface area contributed by atoms with Gasteiger partial charge in [-0.15, -0.1) is 0 Å². The molecule has 1 unspecified atom stereocenters. The first kappa shape index (κ1) is 19.5. The van der Waals surface area contributed by atoms with Crippen LogP contribution in [0, 0.1) is 10.1 Å². The Morgan fingerprint density at radius 2 is 1.90 bits per heavy atom. The van der Waals surface area contributed by atoms with Crippen molar-refractivity contribution in [1.82, 2.24) is 0 Å². The SMILES string of the molecule is CCCCCCN1c2ccccc2C(C)(C)C12C=Cc1cc([N+](=O)[O-])ccc1O2. The van der Waals surface area contributed by atoms with Gasteiger partial charge in [-0.05, 0) is 50.1 Å². The topological polar surface area (TPSA) is 55.6 Å². The molecule has 2 aliphatic heterocycles. The van der Waals surface area contributed by atoms with Crippen LogP contribution in [0.1, 0.15) is 57.6 Å². The molecule has 2 aromatic rings. The predicted molar refractivity (Wildman–Crippen MR) is 116 cm³/mol. The van der Waals surface area contributed by atoms with Crippen molar-refractivity contribution in [3.8, 4) is 5.75 Å². The van der Waals surface area contributed by atoms with Gasteiger partial charge in [-0.1, -0.05) is 44.4 Å². The molecule has 29 heavy (non-hydrogen) atoms. The van der Waals surface area contributed by atoms with E-state index in [-0.39, 0.29) is 16.0 Å². The van der Waals surface area contributed by atoms with Crippen LogP contribution in [0.5, 0.6) is 5.75 Å². The lowest BCUT2D eigenvalue weighted by Gasteiger charge is -2.47. The Balaban J connectivity index is 1.76. The second-order valence-electron chi connectivity index (χ2n) is 8.47. The zero-order valence-electron chi connectivity index (χ0n) is 17.4. The van der Waals surface area contributed by atoms with Crippen LogP contribution in [0.15, 0.2) is 48.5 Å². The molecule has 5 nitrogen and oxygen atoms in total. The number of hydrogen-bond acceptors (Lipinski definition) is 4. The lowest BCUT2D eigenvalue weighted by molar-refractivity contribution is -0.384. The van der Waals surface area contributed by atoms with Crippen molar-refractivity contribution in [1.29, 1.82) is 0 Å². The van der Waals surface area contributed by atoms with Crippen molar-refractivity contribution in [3.63, 3.8) is 0 Å². The van der Waals surface area contributed by atoms with Gasteiger partial charge in [0.2, 0.25) is 5.72 Å². The molecule has 1 spiro atoms. The maximum absolute atomic E-state index is 11.1. The van der Waals surface area contributed by atoms with Crippen molar-refractivity contribution < 1.29 is 9.66 Å². The van der Waals surface area contributed by atoms with Gasteiger partial charge in [0.1, 0.15) is 5.75 Å². The number of anilines is 1. The molecular weight excluding hydrogens is 364 g/mol. The number of nitro benzene ring substituents is 1. The molecule has 152 valence electrons. The van der Waals surface area contributed by atoms with E-state index in [4.69, 9.17) is 4.74 Å². The molecule has 0 saturated heterocycles. The molecule has 0 saturated carbocycles. The van der Waals surface area contributed by atoms with Gasteiger partial charge in [0.25, 0.3) is 5.69 Å². The van der Waals surface area contributed by atoms with E-state index in [0.29, 0.717) is 5.75 Å². The average Bonchev–Trinajstić information content (AvgIpc) is 2.89. The molecule has 0 fully saturated rings. The minimum absolute atomic E-state index is 0.0818. The zero-order valence-corrected chi connectivity index (χ0v) is 17.4. The first-order chi connectivity index (χ1) is 13.9. The zero-order chi connectivity index (χ0) is 20.6. The van der Waals surface area contributed by atoms with E-state index in [0.717, 1.165) is 18.5 Å². The highest BCUT2D eigenvalue weighted by Gasteiger charge is 2.58. The van der Waals surface area contributed by atoms with E-state index >= 15 is 0 Å². The van der Waals surface area contributed by atoms with Crippen LogP contribution in [-0.2, 0) is 5.41 Å². The third-order valence-electron chi connectivity index (χ3n) is 6.36. The number of rotatable bonds is 6. The summed E-state index contributed by atoms with van der Waals surface area (Å²) < 4.78 is 6.70. The number of unbranched alkanes of at least 4 members (excludes halogenated alkanes) is 3. The number of fused-ring (bicyclic) bond motifs is 2. The van der Waals surface area contributed by atoms with E-state index in [2.05, 4.69) is 56.0 Å². The van der Waals surface area contributed by atoms with E-state index in [9.17, 15) is 10.1 Å². The summed E-state index contributed by atoms with van der Waals surface area (Å²) in [7, 11) is 0. The Hall–Kier alpha value is -2.82. The molecule has 5 heteroatoms. The number of hydrogen-bond donors (Lipinski definition) is 0. The lowest BCUT2D eigenvalue weighted by atomic mass is 9.76. The highest BCUT2D eigenvalue weighted by Crippen LogP contribution is 2.55. The van der Waals surface area contributed by atoms with Gasteiger partial charge < -0.3 is 9.64 Å². The second-order valence-corrected chi connectivity index (χ2v) is 8.47. The molecule has 2 aliphatic rings. The first-order valence-corrected chi connectivity index (χ1v) is 10.4. The Labute approximate surface area is 172 Å². The van der Waals surface area contributed by atoms with Crippen LogP contribution in [0.3, 0.4) is 0 Å². The fourth-order valence-corrected chi connectivity index (χ4v) is 4.69. The Bertz CT molecular complexity index is 966. The van der Waals surface area contributed by atoms with Crippen LogP contribution in [0.2, 0.25) is 0 Å². The number of ether oxygens (including phenoxy) is 1. The van der Waals surface area contributed by atoms with Crippen molar-refractivity contribution >= 4 is 17.5 Å². The molecule has 2 aromatic carbocycles. The van der Waals surface area contributed by atoms with Gasteiger partial charge in [-0.2, -0.15) is 0 Å². The fraction of sp³-hybridized carbons (Fsp3) is 0.417. The van der Waals surface area contributed by atoms with Gasteiger partial charge >= 0.3 is 0 Å². The maximum atomic E-state index is 11.1. The summed E-state index contributed by atoms with van der Waals surface area (Å²) in [5, 5.41) is 11.1. The number of nitrogens with zero attached hydrogens (tertiary/aromatic N) is 2. The van der Waals surface area contributed by atoms with Crippen molar-refractivity contribution in [3.05, 3.63) is 69.8 Å². The smallest absolute Gasteiger partial charge is 0.270 e. The van der Waals surface area contributed by atoms with Gasteiger partial charge in [0.05, 0.1) is 10.3 Å².